The van der Waals surface area contributed by atoms with Crippen LogP contribution in [0.5, 0.6) is 11.5 Å². The molecule has 0 aliphatic carbocycles. The molecule has 0 fully saturated rings. The molecule has 0 spiro atoms. The van der Waals surface area contributed by atoms with Crippen LogP contribution in [-0.4, -0.2) is 11.7 Å². The summed E-state index contributed by atoms with van der Waals surface area (Å²) in [6.45, 7) is 3.58. The molecular formula is C16H18FNO2. The Kier molecular flexibility index (Phi) is 4.96. The van der Waals surface area contributed by atoms with E-state index >= 15 is 0 Å². The van der Waals surface area contributed by atoms with Crippen molar-refractivity contribution in [2.45, 2.75) is 20.1 Å². The van der Waals surface area contributed by atoms with E-state index in [1.54, 1.807) is 24.3 Å². The minimum Gasteiger partial charge on any atom is -0.508 e. The first-order chi connectivity index (χ1) is 9.70. The van der Waals surface area contributed by atoms with E-state index in [1.807, 2.05) is 19.1 Å². The summed E-state index contributed by atoms with van der Waals surface area (Å²) in [5.74, 6) is 0.0601. The summed E-state index contributed by atoms with van der Waals surface area (Å²) < 4.78 is 19.4. The largest absolute Gasteiger partial charge is 0.508 e. The normalized spacial score (nSPS) is 10.5. The van der Waals surface area contributed by atoms with Gasteiger partial charge in [-0.25, -0.2) is 4.39 Å². The molecule has 3 nitrogen and oxygen atoms in total. The van der Waals surface area contributed by atoms with Crippen molar-refractivity contribution in [3.8, 4) is 11.5 Å². The standard InChI is InChI=1S/C16H18FNO2/c1-2-18-10-13-6-4-8-15(17)16(13)20-11-12-5-3-7-14(19)9-12/h3-9,18-19H,2,10-11H2,1H3. The van der Waals surface area contributed by atoms with Crippen molar-refractivity contribution in [3.05, 3.63) is 59.4 Å². The van der Waals surface area contributed by atoms with Gasteiger partial charge in [-0.3, -0.25) is 0 Å². The second kappa shape index (κ2) is 6.91. The smallest absolute Gasteiger partial charge is 0.165 e. The maximum absolute atomic E-state index is 13.9. The second-order valence-corrected chi connectivity index (χ2v) is 4.47. The number of rotatable bonds is 6. The first-order valence-corrected chi connectivity index (χ1v) is 6.59. The van der Waals surface area contributed by atoms with Crippen LogP contribution < -0.4 is 10.1 Å². The lowest BCUT2D eigenvalue weighted by atomic mass is 10.2. The van der Waals surface area contributed by atoms with Crippen LogP contribution in [0.2, 0.25) is 0 Å². The van der Waals surface area contributed by atoms with E-state index in [9.17, 15) is 9.50 Å². The lowest BCUT2D eigenvalue weighted by Crippen LogP contribution is -2.13. The number of hydrogen-bond donors (Lipinski definition) is 2. The van der Waals surface area contributed by atoms with Gasteiger partial charge in [-0.1, -0.05) is 31.2 Å². The molecule has 2 N–H and O–H groups in total. The summed E-state index contributed by atoms with van der Waals surface area (Å²) in [6.07, 6.45) is 0. The third kappa shape index (κ3) is 3.71. The SMILES string of the molecule is CCNCc1cccc(F)c1OCc1cccc(O)c1. The van der Waals surface area contributed by atoms with Crippen LogP contribution in [-0.2, 0) is 13.2 Å². The van der Waals surface area contributed by atoms with Crippen LogP contribution >= 0.6 is 0 Å². The van der Waals surface area contributed by atoms with Crippen LogP contribution in [0.1, 0.15) is 18.1 Å². The molecule has 0 heterocycles. The topological polar surface area (TPSA) is 41.5 Å². The van der Waals surface area contributed by atoms with Gasteiger partial charge in [-0.2, -0.15) is 0 Å². The second-order valence-electron chi connectivity index (χ2n) is 4.47. The van der Waals surface area contributed by atoms with Crippen molar-refractivity contribution in [2.24, 2.45) is 0 Å². The molecule has 0 atom stereocenters. The molecule has 2 aromatic rings. The van der Waals surface area contributed by atoms with E-state index in [0.29, 0.717) is 6.54 Å². The van der Waals surface area contributed by atoms with E-state index < -0.39 is 0 Å². The first-order valence-electron chi connectivity index (χ1n) is 6.59. The number of hydrogen-bond acceptors (Lipinski definition) is 3. The van der Waals surface area contributed by atoms with Crippen molar-refractivity contribution in [2.75, 3.05) is 6.54 Å². The van der Waals surface area contributed by atoms with Gasteiger partial charge in [0.15, 0.2) is 11.6 Å². The number of ether oxygens (including phenoxy) is 1. The Morgan fingerprint density at radius 3 is 2.75 bits per heavy atom. The number of aromatic hydroxyl groups is 1. The summed E-state index contributed by atoms with van der Waals surface area (Å²) in [4.78, 5) is 0. The van der Waals surface area contributed by atoms with Gasteiger partial charge < -0.3 is 15.2 Å². The number of para-hydroxylation sites is 1. The highest BCUT2D eigenvalue weighted by Crippen LogP contribution is 2.24. The third-order valence-electron chi connectivity index (χ3n) is 2.91. The van der Waals surface area contributed by atoms with Gasteiger partial charge in [0, 0.05) is 12.1 Å². The molecule has 0 radical (unpaired) electrons. The summed E-state index contributed by atoms with van der Waals surface area (Å²) in [7, 11) is 0. The Labute approximate surface area is 118 Å². The molecule has 0 saturated carbocycles. The maximum atomic E-state index is 13.9. The summed E-state index contributed by atoms with van der Waals surface area (Å²) in [5.41, 5.74) is 1.58. The Balaban J connectivity index is 2.11. The van der Waals surface area contributed by atoms with Gasteiger partial charge in [0.1, 0.15) is 12.4 Å². The molecule has 0 aliphatic rings. The Morgan fingerprint density at radius 2 is 2.00 bits per heavy atom. The zero-order chi connectivity index (χ0) is 14.4. The molecule has 0 saturated heterocycles. The fraction of sp³-hybridized carbons (Fsp3) is 0.250. The zero-order valence-corrected chi connectivity index (χ0v) is 11.4. The van der Waals surface area contributed by atoms with Crippen molar-refractivity contribution < 1.29 is 14.2 Å². The monoisotopic (exact) mass is 275 g/mol. The Hall–Kier alpha value is -2.07. The molecule has 0 aliphatic heterocycles. The molecule has 0 unspecified atom stereocenters. The molecule has 106 valence electrons. The van der Waals surface area contributed by atoms with Gasteiger partial charge in [-0.15, -0.1) is 0 Å². The van der Waals surface area contributed by atoms with Crippen LogP contribution in [0.3, 0.4) is 0 Å². The van der Waals surface area contributed by atoms with E-state index in [4.69, 9.17) is 4.74 Å². The predicted octanol–water partition coefficient (Wildman–Crippen LogP) is 3.22. The van der Waals surface area contributed by atoms with Crippen molar-refractivity contribution in [1.82, 2.24) is 5.32 Å². The Bertz CT molecular complexity index is 572. The predicted molar refractivity (Wildman–Crippen MR) is 76.2 cm³/mol. The minimum absolute atomic E-state index is 0.174. The highest BCUT2D eigenvalue weighted by molar-refractivity contribution is 5.35. The van der Waals surface area contributed by atoms with Gasteiger partial charge in [-0.05, 0) is 30.3 Å². The molecule has 0 aromatic heterocycles. The maximum Gasteiger partial charge on any atom is 0.165 e. The molecule has 0 bridgehead atoms. The molecular weight excluding hydrogens is 257 g/mol. The van der Waals surface area contributed by atoms with Gasteiger partial charge in [0.25, 0.3) is 0 Å². The highest BCUT2D eigenvalue weighted by Gasteiger charge is 2.09. The third-order valence-corrected chi connectivity index (χ3v) is 2.91. The van der Waals surface area contributed by atoms with Crippen LogP contribution in [0.4, 0.5) is 4.39 Å². The zero-order valence-electron chi connectivity index (χ0n) is 11.4. The van der Waals surface area contributed by atoms with Crippen molar-refractivity contribution in [3.63, 3.8) is 0 Å². The van der Waals surface area contributed by atoms with Crippen LogP contribution in [0, 0.1) is 5.82 Å². The van der Waals surface area contributed by atoms with Gasteiger partial charge >= 0.3 is 0 Å². The number of nitrogens with one attached hydrogen (secondary N) is 1. The molecule has 2 aromatic carbocycles. The Morgan fingerprint density at radius 1 is 1.20 bits per heavy atom. The van der Waals surface area contributed by atoms with Gasteiger partial charge in [0.2, 0.25) is 0 Å². The molecule has 0 amide bonds. The first kappa shape index (κ1) is 14.3. The lowest BCUT2D eigenvalue weighted by Gasteiger charge is -2.13. The quantitative estimate of drug-likeness (QED) is 0.850. The molecule has 4 heteroatoms. The molecule has 20 heavy (non-hydrogen) atoms. The van der Waals surface area contributed by atoms with E-state index in [-0.39, 0.29) is 23.9 Å². The van der Waals surface area contributed by atoms with Gasteiger partial charge in [0.05, 0.1) is 0 Å². The fourth-order valence-corrected chi connectivity index (χ4v) is 1.92. The van der Waals surface area contributed by atoms with E-state index in [0.717, 1.165) is 17.7 Å². The molecule has 2 rings (SSSR count). The number of phenols is 1. The fourth-order valence-electron chi connectivity index (χ4n) is 1.92. The van der Waals surface area contributed by atoms with Crippen LogP contribution in [0.15, 0.2) is 42.5 Å². The van der Waals surface area contributed by atoms with E-state index in [1.165, 1.54) is 6.07 Å². The van der Waals surface area contributed by atoms with E-state index in [2.05, 4.69) is 5.32 Å². The summed E-state index contributed by atoms with van der Waals surface area (Å²) in [6, 6.07) is 11.6. The minimum atomic E-state index is -0.374. The average Bonchev–Trinajstić information content (AvgIpc) is 2.44. The van der Waals surface area contributed by atoms with Crippen molar-refractivity contribution in [1.29, 1.82) is 0 Å². The highest BCUT2D eigenvalue weighted by atomic mass is 19.1. The summed E-state index contributed by atoms with van der Waals surface area (Å²) >= 11 is 0. The number of phenolic OH excluding ortho intramolecular Hbond substituents is 1. The lowest BCUT2D eigenvalue weighted by molar-refractivity contribution is 0.285. The average molecular weight is 275 g/mol. The number of halogens is 1. The van der Waals surface area contributed by atoms with Crippen LogP contribution in [0.25, 0.3) is 0 Å². The number of benzene rings is 2. The summed E-state index contributed by atoms with van der Waals surface area (Å²) in [5, 5.41) is 12.5. The van der Waals surface area contributed by atoms with Crippen molar-refractivity contribution >= 4 is 0 Å².